The van der Waals surface area contributed by atoms with Crippen LogP contribution in [0.5, 0.6) is 0 Å². The normalized spacial score (nSPS) is 15.7. The van der Waals surface area contributed by atoms with Crippen LogP contribution >= 0.6 is 11.3 Å². The first-order chi connectivity index (χ1) is 13.3. The van der Waals surface area contributed by atoms with Gasteiger partial charge in [0.25, 0.3) is 0 Å². The first kappa shape index (κ1) is 16.4. The van der Waals surface area contributed by atoms with Crippen LogP contribution in [0.25, 0.3) is 15.7 Å². The van der Waals surface area contributed by atoms with Crippen LogP contribution in [-0.2, 0) is 6.54 Å². The smallest absolute Gasteiger partial charge is 0.235 e. The van der Waals surface area contributed by atoms with E-state index in [-0.39, 0.29) is 0 Å². The molecule has 8 nitrogen and oxygen atoms in total. The summed E-state index contributed by atoms with van der Waals surface area (Å²) >= 11 is 1.47. The molecule has 0 spiro atoms. The van der Waals surface area contributed by atoms with Gasteiger partial charge in [-0.1, -0.05) is 34.7 Å². The fourth-order valence-corrected chi connectivity index (χ4v) is 4.14. The van der Waals surface area contributed by atoms with Crippen LogP contribution in [0.15, 0.2) is 40.9 Å². The fraction of sp³-hybridized carbons (Fsp3) is 0.333. The van der Waals surface area contributed by atoms with Crippen LogP contribution in [0, 0.1) is 6.92 Å². The Labute approximate surface area is 160 Å². The number of hydrogen-bond acceptors (Lipinski definition) is 8. The summed E-state index contributed by atoms with van der Waals surface area (Å²) in [6, 6.07) is 12.4. The van der Waals surface area contributed by atoms with Crippen molar-refractivity contribution >= 4 is 22.0 Å². The zero-order valence-corrected chi connectivity index (χ0v) is 15.8. The van der Waals surface area contributed by atoms with E-state index in [1.165, 1.54) is 17.0 Å². The largest absolute Gasteiger partial charge is 0.369 e. The van der Waals surface area contributed by atoms with Gasteiger partial charge in [-0.05, 0) is 19.1 Å². The molecule has 27 heavy (non-hydrogen) atoms. The summed E-state index contributed by atoms with van der Waals surface area (Å²) in [5.74, 6) is 1.63. The van der Waals surface area contributed by atoms with E-state index in [0.717, 1.165) is 60.0 Å². The van der Waals surface area contributed by atoms with Gasteiger partial charge in [0.05, 0.1) is 6.54 Å². The molecule has 0 amide bonds. The van der Waals surface area contributed by atoms with Crippen LogP contribution < -0.4 is 4.90 Å². The minimum Gasteiger partial charge on any atom is -0.369 e. The Morgan fingerprint density at radius 3 is 2.63 bits per heavy atom. The highest BCUT2D eigenvalue weighted by atomic mass is 32.1. The molecule has 4 heterocycles. The van der Waals surface area contributed by atoms with Crippen LogP contribution in [0.4, 0.5) is 5.69 Å². The fourth-order valence-electron chi connectivity index (χ4n) is 3.33. The van der Waals surface area contributed by atoms with Crippen molar-refractivity contribution in [3.8, 4) is 10.7 Å². The van der Waals surface area contributed by atoms with E-state index in [1.807, 2.05) is 17.5 Å². The Balaban J connectivity index is 1.29. The Bertz CT molecular complexity index is 1050. The molecule has 0 unspecified atom stereocenters. The monoisotopic (exact) mass is 381 g/mol. The molecule has 0 N–H and O–H groups in total. The van der Waals surface area contributed by atoms with Gasteiger partial charge >= 0.3 is 0 Å². The molecular formula is C18H19N7OS. The van der Waals surface area contributed by atoms with Gasteiger partial charge in [-0.25, -0.2) is 0 Å². The molecule has 1 aromatic carbocycles. The second-order valence-corrected chi connectivity index (χ2v) is 7.60. The van der Waals surface area contributed by atoms with Gasteiger partial charge in [0.15, 0.2) is 10.8 Å². The Kier molecular flexibility index (Phi) is 4.10. The van der Waals surface area contributed by atoms with E-state index >= 15 is 0 Å². The molecule has 0 saturated carbocycles. The van der Waals surface area contributed by atoms with Crippen LogP contribution in [0.2, 0.25) is 0 Å². The predicted octanol–water partition coefficient (Wildman–Crippen LogP) is 2.47. The third-order valence-corrected chi connectivity index (χ3v) is 5.68. The Hall–Kier alpha value is -2.78. The molecule has 0 atom stereocenters. The Morgan fingerprint density at radius 1 is 1.07 bits per heavy atom. The van der Waals surface area contributed by atoms with Crippen LogP contribution in [0.1, 0.15) is 11.6 Å². The minimum absolute atomic E-state index is 0.741. The molecule has 138 valence electrons. The zero-order valence-electron chi connectivity index (χ0n) is 14.9. The van der Waals surface area contributed by atoms with Gasteiger partial charge in [0, 0.05) is 37.9 Å². The zero-order chi connectivity index (χ0) is 18.2. The highest BCUT2D eigenvalue weighted by Crippen LogP contribution is 2.25. The van der Waals surface area contributed by atoms with Crippen molar-refractivity contribution in [2.24, 2.45) is 0 Å². The molecule has 1 saturated heterocycles. The molecule has 3 aromatic heterocycles. The number of anilines is 1. The summed E-state index contributed by atoms with van der Waals surface area (Å²) < 4.78 is 6.98. The number of para-hydroxylation sites is 1. The maximum absolute atomic E-state index is 5.15. The van der Waals surface area contributed by atoms with Gasteiger partial charge in [0.1, 0.15) is 11.5 Å². The first-order valence-electron chi connectivity index (χ1n) is 8.93. The van der Waals surface area contributed by atoms with Gasteiger partial charge in [-0.3, -0.25) is 4.90 Å². The minimum atomic E-state index is 0.741. The van der Waals surface area contributed by atoms with Crippen molar-refractivity contribution in [2.75, 3.05) is 31.1 Å². The standard InChI is InChI=1S/C18H19N7OS/c1-13-11-15(22-26-13)17-21-25-16(19-20-18(25)27-17)12-23-7-9-24(10-8-23)14-5-3-2-4-6-14/h2-6,11H,7-10,12H2,1H3. The summed E-state index contributed by atoms with van der Waals surface area (Å²) in [5.41, 5.74) is 2.03. The second kappa shape index (κ2) is 6.75. The number of nitrogens with zero attached hydrogens (tertiary/aromatic N) is 7. The average Bonchev–Trinajstić information content (AvgIpc) is 3.40. The van der Waals surface area contributed by atoms with Gasteiger partial charge < -0.3 is 9.42 Å². The molecule has 1 aliphatic rings. The van der Waals surface area contributed by atoms with Crippen molar-refractivity contribution in [3.05, 3.63) is 48.0 Å². The molecule has 0 radical (unpaired) electrons. The highest BCUT2D eigenvalue weighted by Gasteiger charge is 2.21. The molecule has 9 heteroatoms. The van der Waals surface area contributed by atoms with E-state index in [0.29, 0.717) is 0 Å². The molecule has 0 aliphatic carbocycles. The summed E-state index contributed by atoms with van der Waals surface area (Å²) in [7, 11) is 0. The lowest BCUT2D eigenvalue weighted by molar-refractivity contribution is 0.242. The van der Waals surface area contributed by atoms with E-state index in [9.17, 15) is 0 Å². The van der Waals surface area contributed by atoms with E-state index in [4.69, 9.17) is 4.52 Å². The molecule has 0 bridgehead atoms. The van der Waals surface area contributed by atoms with E-state index in [1.54, 1.807) is 0 Å². The first-order valence-corrected chi connectivity index (χ1v) is 9.75. The molecule has 5 rings (SSSR count). The summed E-state index contributed by atoms with van der Waals surface area (Å²) in [5, 5.41) is 18.1. The molecule has 4 aromatic rings. The lowest BCUT2D eigenvalue weighted by atomic mass is 10.2. The number of aromatic nitrogens is 5. The third-order valence-electron chi connectivity index (χ3n) is 4.76. The lowest BCUT2D eigenvalue weighted by Crippen LogP contribution is -2.46. The number of aryl methyl sites for hydroxylation is 1. The number of fused-ring (bicyclic) bond motifs is 1. The highest BCUT2D eigenvalue weighted by molar-refractivity contribution is 7.19. The molecular weight excluding hydrogens is 362 g/mol. The van der Waals surface area contributed by atoms with Crippen molar-refractivity contribution in [3.63, 3.8) is 0 Å². The van der Waals surface area contributed by atoms with E-state index in [2.05, 4.69) is 60.6 Å². The summed E-state index contributed by atoms with van der Waals surface area (Å²) in [6.07, 6.45) is 0. The number of piperazine rings is 1. The average molecular weight is 381 g/mol. The summed E-state index contributed by atoms with van der Waals surface area (Å²) in [4.78, 5) is 5.60. The maximum atomic E-state index is 5.15. The van der Waals surface area contributed by atoms with Gasteiger partial charge in [-0.2, -0.15) is 9.61 Å². The van der Waals surface area contributed by atoms with Gasteiger partial charge in [-0.15, -0.1) is 10.2 Å². The number of benzene rings is 1. The van der Waals surface area contributed by atoms with Crippen molar-refractivity contribution < 1.29 is 4.52 Å². The molecule has 1 fully saturated rings. The lowest BCUT2D eigenvalue weighted by Gasteiger charge is -2.35. The second-order valence-electron chi connectivity index (χ2n) is 6.64. The maximum Gasteiger partial charge on any atom is 0.235 e. The summed E-state index contributed by atoms with van der Waals surface area (Å²) in [6.45, 7) is 6.60. The predicted molar refractivity (Wildman–Crippen MR) is 103 cm³/mol. The topological polar surface area (TPSA) is 75.6 Å². The number of rotatable bonds is 4. The van der Waals surface area contributed by atoms with Crippen LogP contribution in [-0.4, -0.2) is 56.0 Å². The quantitative estimate of drug-likeness (QED) is 0.537. The number of hydrogen-bond donors (Lipinski definition) is 0. The Morgan fingerprint density at radius 2 is 1.89 bits per heavy atom. The SMILES string of the molecule is Cc1cc(-c2nn3c(CN4CCN(c5ccccc5)CC4)nnc3s2)no1. The van der Waals surface area contributed by atoms with Gasteiger partial charge in [0.2, 0.25) is 4.96 Å². The van der Waals surface area contributed by atoms with Crippen molar-refractivity contribution in [1.82, 2.24) is 29.9 Å². The van der Waals surface area contributed by atoms with E-state index < -0.39 is 0 Å². The van der Waals surface area contributed by atoms with Crippen molar-refractivity contribution in [2.45, 2.75) is 13.5 Å². The van der Waals surface area contributed by atoms with Crippen molar-refractivity contribution in [1.29, 1.82) is 0 Å². The van der Waals surface area contributed by atoms with Crippen LogP contribution in [0.3, 0.4) is 0 Å². The third kappa shape index (κ3) is 3.19. The molecule has 1 aliphatic heterocycles.